The van der Waals surface area contributed by atoms with Gasteiger partial charge in [0.15, 0.2) is 11.5 Å². The van der Waals surface area contributed by atoms with E-state index >= 15 is 0 Å². The Balaban J connectivity index is 1.61. The Bertz CT molecular complexity index is 1000. The third-order valence-corrected chi connectivity index (χ3v) is 5.81. The Hall–Kier alpha value is -3.27. The molecule has 0 N–H and O–H groups in total. The van der Waals surface area contributed by atoms with Crippen LogP contribution < -0.4 is 9.47 Å². The maximum Gasteiger partial charge on any atom is 0.230 e. The van der Waals surface area contributed by atoms with Crippen LogP contribution in [-0.2, 0) is 24.2 Å². The molecule has 0 bridgehead atoms. The number of methoxy groups -OCH3 is 2. The van der Waals surface area contributed by atoms with Gasteiger partial charge in [-0.3, -0.25) is 4.79 Å². The van der Waals surface area contributed by atoms with Crippen LogP contribution in [0.25, 0.3) is 0 Å². The maximum absolute atomic E-state index is 13.7. The normalized spacial score (nSPS) is 14.0. The van der Waals surface area contributed by atoms with Gasteiger partial charge in [0, 0.05) is 13.1 Å². The van der Waals surface area contributed by atoms with Crippen LogP contribution in [0.15, 0.2) is 72.8 Å². The quantitative estimate of drug-likeness (QED) is 0.605. The van der Waals surface area contributed by atoms with Crippen molar-refractivity contribution < 1.29 is 14.3 Å². The van der Waals surface area contributed by atoms with Gasteiger partial charge in [0.2, 0.25) is 5.91 Å². The van der Waals surface area contributed by atoms with Gasteiger partial charge in [-0.15, -0.1) is 0 Å². The van der Waals surface area contributed by atoms with Crippen molar-refractivity contribution in [2.45, 2.75) is 25.3 Å². The standard InChI is InChI=1S/C26H27NO3/c1-29-24-16-21-13-14-27(18-22(21)17-25(24)30-2)26(28)23(20-11-7-4-8-12-20)15-19-9-5-3-6-10-19/h3-12,16-17,23H,13-15,18H2,1-2H3/t23-/m0/s1. The molecule has 4 rings (SSSR count). The van der Waals surface area contributed by atoms with Crippen LogP contribution in [0.5, 0.6) is 11.5 Å². The number of rotatable bonds is 6. The molecule has 30 heavy (non-hydrogen) atoms. The minimum Gasteiger partial charge on any atom is -0.493 e. The van der Waals surface area contributed by atoms with E-state index in [0.29, 0.717) is 25.3 Å². The van der Waals surface area contributed by atoms with E-state index in [1.807, 2.05) is 53.4 Å². The number of amides is 1. The Morgan fingerprint density at radius 3 is 2.13 bits per heavy atom. The monoisotopic (exact) mass is 401 g/mol. The van der Waals surface area contributed by atoms with Crippen LogP contribution in [0.1, 0.15) is 28.2 Å². The molecule has 0 aliphatic carbocycles. The smallest absolute Gasteiger partial charge is 0.230 e. The highest BCUT2D eigenvalue weighted by Gasteiger charge is 2.29. The molecule has 1 aliphatic rings. The number of carbonyl (C=O) groups excluding carboxylic acids is 1. The Morgan fingerprint density at radius 2 is 1.50 bits per heavy atom. The summed E-state index contributed by atoms with van der Waals surface area (Å²) in [5, 5.41) is 0. The average Bonchev–Trinajstić information content (AvgIpc) is 2.82. The highest BCUT2D eigenvalue weighted by atomic mass is 16.5. The molecule has 0 saturated carbocycles. The Morgan fingerprint density at radius 1 is 0.900 bits per heavy atom. The zero-order valence-electron chi connectivity index (χ0n) is 17.5. The average molecular weight is 402 g/mol. The highest BCUT2D eigenvalue weighted by Crippen LogP contribution is 2.34. The SMILES string of the molecule is COc1cc2c(cc1OC)CN(C(=O)[C@@H](Cc1ccccc1)c1ccccc1)CC2. The molecule has 154 valence electrons. The lowest BCUT2D eigenvalue weighted by Gasteiger charge is -2.32. The van der Waals surface area contributed by atoms with E-state index in [1.54, 1.807) is 14.2 Å². The lowest BCUT2D eigenvalue weighted by molar-refractivity contribution is -0.133. The molecule has 3 aromatic carbocycles. The van der Waals surface area contributed by atoms with Gasteiger partial charge < -0.3 is 14.4 Å². The van der Waals surface area contributed by atoms with E-state index in [-0.39, 0.29) is 11.8 Å². The van der Waals surface area contributed by atoms with Gasteiger partial charge in [-0.25, -0.2) is 0 Å². The van der Waals surface area contributed by atoms with Gasteiger partial charge in [0.25, 0.3) is 0 Å². The summed E-state index contributed by atoms with van der Waals surface area (Å²) >= 11 is 0. The van der Waals surface area contributed by atoms with Gasteiger partial charge in [-0.2, -0.15) is 0 Å². The van der Waals surface area contributed by atoms with E-state index in [9.17, 15) is 4.79 Å². The molecule has 1 amide bonds. The molecule has 0 radical (unpaired) electrons. The first-order valence-corrected chi connectivity index (χ1v) is 10.3. The number of hydrogen-bond donors (Lipinski definition) is 0. The van der Waals surface area contributed by atoms with Gasteiger partial charge >= 0.3 is 0 Å². The topological polar surface area (TPSA) is 38.8 Å². The maximum atomic E-state index is 13.7. The first kappa shape index (κ1) is 20.0. The van der Waals surface area contributed by atoms with Crippen molar-refractivity contribution in [1.82, 2.24) is 4.90 Å². The van der Waals surface area contributed by atoms with Crippen LogP contribution in [0.2, 0.25) is 0 Å². The molecule has 4 nitrogen and oxygen atoms in total. The van der Waals surface area contributed by atoms with Crippen LogP contribution in [0, 0.1) is 0 Å². The van der Waals surface area contributed by atoms with Gasteiger partial charge in [-0.1, -0.05) is 60.7 Å². The molecule has 1 heterocycles. The lowest BCUT2D eigenvalue weighted by atomic mass is 9.89. The van der Waals surface area contributed by atoms with Crippen molar-refractivity contribution >= 4 is 5.91 Å². The van der Waals surface area contributed by atoms with Crippen molar-refractivity contribution in [3.8, 4) is 11.5 Å². The first-order valence-electron chi connectivity index (χ1n) is 10.3. The summed E-state index contributed by atoms with van der Waals surface area (Å²) in [5.41, 5.74) is 4.57. The summed E-state index contributed by atoms with van der Waals surface area (Å²) in [6.07, 6.45) is 1.51. The number of benzene rings is 3. The van der Waals surface area contributed by atoms with E-state index in [2.05, 4.69) is 24.3 Å². The second kappa shape index (κ2) is 9.04. The molecule has 0 spiro atoms. The van der Waals surface area contributed by atoms with Gasteiger partial charge in [0.05, 0.1) is 20.1 Å². The highest BCUT2D eigenvalue weighted by molar-refractivity contribution is 5.84. The largest absolute Gasteiger partial charge is 0.493 e. The minimum absolute atomic E-state index is 0.172. The second-order valence-electron chi connectivity index (χ2n) is 7.64. The van der Waals surface area contributed by atoms with E-state index in [0.717, 1.165) is 23.3 Å². The minimum atomic E-state index is -0.199. The zero-order chi connectivity index (χ0) is 20.9. The summed E-state index contributed by atoms with van der Waals surface area (Å²) in [5.74, 6) is 1.41. The third kappa shape index (κ3) is 4.18. The number of nitrogens with zero attached hydrogens (tertiary/aromatic N) is 1. The Kier molecular flexibility index (Phi) is 6.03. The number of ether oxygens (including phenoxy) is 2. The lowest BCUT2D eigenvalue weighted by Crippen LogP contribution is -2.39. The fourth-order valence-corrected chi connectivity index (χ4v) is 4.17. The molecule has 1 aliphatic heterocycles. The van der Waals surface area contributed by atoms with Gasteiger partial charge in [-0.05, 0) is 47.2 Å². The van der Waals surface area contributed by atoms with Gasteiger partial charge in [0.1, 0.15) is 0 Å². The molecule has 0 fully saturated rings. The summed E-state index contributed by atoms with van der Waals surface area (Å²) in [7, 11) is 3.29. The van der Waals surface area contributed by atoms with Crippen molar-refractivity contribution in [3.05, 3.63) is 95.1 Å². The first-order chi connectivity index (χ1) is 14.7. The van der Waals surface area contributed by atoms with Crippen molar-refractivity contribution in [1.29, 1.82) is 0 Å². The van der Waals surface area contributed by atoms with Crippen LogP contribution in [0.4, 0.5) is 0 Å². The zero-order valence-corrected chi connectivity index (χ0v) is 17.5. The second-order valence-corrected chi connectivity index (χ2v) is 7.64. The van der Waals surface area contributed by atoms with Crippen molar-refractivity contribution in [2.24, 2.45) is 0 Å². The van der Waals surface area contributed by atoms with Crippen LogP contribution in [-0.4, -0.2) is 31.6 Å². The summed E-state index contributed by atoms with van der Waals surface area (Å²) < 4.78 is 10.9. The molecular weight excluding hydrogens is 374 g/mol. The molecule has 4 heteroatoms. The van der Waals surface area contributed by atoms with Crippen molar-refractivity contribution in [3.63, 3.8) is 0 Å². The molecule has 0 aromatic heterocycles. The number of fused-ring (bicyclic) bond motifs is 1. The van der Waals surface area contributed by atoms with E-state index in [4.69, 9.17) is 9.47 Å². The van der Waals surface area contributed by atoms with Crippen LogP contribution >= 0.6 is 0 Å². The predicted molar refractivity (Wildman–Crippen MR) is 118 cm³/mol. The molecule has 3 aromatic rings. The summed E-state index contributed by atoms with van der Waals surface area (Å²) in [6, 6.07) is 24.4. The molecule has 0 unspecified atom stereocenters. The summed E-state index contributed by atoms with van der Waals surface area (Å²) in [6.45, 7) is 1.30. The van der Waals surface area contributed by atoms with Crippen molar-refractivity contribution in [2.75, 3.05) is 20.8 Å². The van der Waals surface area contributed by atoms with Crippen LogP contribution in [0.3, 0.4) is 0 Å². The number of carbonyl (C=O) groups is 1. The molecular formula is C26H27NO3. The fourth-order valence-electron chi connectivity index (χ4n) is 4.17. The fraction of sp³-hybridized carbons (Fsp3) is 0.269. The predicted octanol–water partition coefficient (Wildman–Crippen LogP) is 4.62. The van der Waals surface area contributed by atoms with E-state index in [1.165, 1.54) is 11.1 Å². The summed E-state index contributed by atoms with van der Waals surface area (Å²) in [4.78, 5) is 15.6. The molecule has 1 atom stereocenters. The van der Waals surface area contributed by atoms with E-state index < -0.39 is 0 Å². The third-order valence-electron chi connectivity index (χ3n) is 5.81. The Labute approximate surface area is 178 Å². The number of hydrogen-bond acceptors (Lipinski definition) is 3. The molecule has 0 saturated heterocycles.